The molecule has 1 aromatic carbocycles. The number of amides is 1. The fraction of sp³-hybridized carbons (Fsp3) is 0.550. The molecule has 0 unspecified atom stereocenters. The average Bonchev–Trinajstić information content (AvgIpc) is 3.03. The third kappa shape index (κ3) is 5.82. The number of benzene rings is 1. The van der Waals surface area contributed by atoms with Gasteiger partial charge in [-0.15, -0.1) is 0 Å². The maximum Gasteiger partial charge on any atom is 0.262 e. The van der Waals surface area contributed by atoms with Gasteiger partial charge in [0.2, 0.25) is 5.91 Å². The molecule has 2 aromatic rings. The Hall–Kier alpha value is -1.87. The second-order valence-corrected chi connectivity index (χ2v) is 10.6. The molecule has 1 atom stereocenters. The van der Waals surface area contributed by atoms with Crippen LogP contribution in [0.25, 0.3) is 10.9 Å². The molecule has 0 saturated carbocycles. The maximum absolute atomic E-state index is 13.0. The molecule has 158 valence electrons. The van der Waals surface area contributed by atoms with Crippen LogP contribution < -0.4 is 10.9 Å². The number of fused-ring (bicyclic) bond motifs is 1. The van der Waals surface area contributed by atoms with Crippen LogP contribution in [0.2, 0.25) is 0 Å². The van der Waals surface area contributed by atoms with Crippen molar-refractivity contribution < 1.29 is 13.2 Å². The summed E-state index contributed by atoms with van der Waals surface area (Å²) in [5.41, 5.74) is 0.531. The molecule has 3 rings (SSSR count). The van der Waals surface area contributed by atoms with Crippen LogP contribution in [-0.2, 0) is 21.2 Å². The van der Waals surface area contributed by atoms with E-state index in [0.717, 1.165) is 25.7 Å². The number of sulfone groups is 1. The summed E-state index contributed by atoms with van der Waals surface area (Å²) in [6.07, 6.45) is 4.60. The SMILES string of the molecule is CCCCCCn1c(SCC(=O)N[C@H]2CCS(=O)(=O)C2)nc2ccccc2c1=O. The molecule has 2 heterocycles. The molecule has 7 nitrogen and oxygen atoms in total. The van der Waals surface area contributed by atoms with E-state index in [0.29, 0.717) is 29.0 Å². The molecule has 0 bridgehead atoms. The zero-order chi connectivity index (χ0) is 20.9. The van der Waals surface area contributed by atoms with Crippen molar-refractivity contribution in [1.82, 2.24) is 14.9 Å². The summed E-state index contributed by atoms with van der Waals surface area (Å²) in [7, 11) is -3.04. The molecule has 9 heteroatoms. The second kappa shape index (κ2) is 9.75. The fourth-order valence-corrected chi connectivity index (χ4v) is 5.97. The Bertz CT molecular complexity index is 1030. The van der Waals surface area contributed by atoms with Crippen molar-refractivity contribution in [2.24, 2.45) is 0 Å². The Labute approximate surface area is 175 Å². The van der Waals surface area contributed by atoms with Crippen molar-refractivity contribution in [3.63, 3.8) is 0 Å². The average molecular weight is 438 g/mol. The van der Waals surface area contributed by atoms with E-state index in [-0.39, 0.29) is 34.8 Å². The van der Waals surface area contributed by atoms with Crippen molar-refractivity contribution in [2.75, 3.05) is 17.3 Å². The van der Waals surface area contributed by atoms with E-state index in [2.05, 4.69) is 17.2 Å². The number of hydrogen-bond donors (Lipinski definition) is 1. The van der Waals surface area contributed by atoms with E-state index < -0.39 is 9.84 Å². The minimum atomic E-state index is -3.04. The van der Waals surface area contributed by atoms with Crippen LogP contribution in [0, 0.1) is 0 Å². The number of carbonyl (C=O) groups is 1. The van der Waals surface area contributed by atoms with Gasteiger partial charge in [0.1, 0.15) is 0 Å². The second-order valence-electron chi connectivity index (χ2n) is 7.39. The van der Waals surface area contributed by atoms with Crippen LogP contribution in [-0.4, -0.2) is 47.2 Å². The number of rotatable bonds is 9. The fourth-order valence-electron chi connectivity index (χ4n) is 3.46. The summed E-state index contributed by atoms with van der Waals surface area (Å²) in [6, 6.07) is 6.90. The monoisotopic (exact) mass is 437 g/mol. The first-order valence-electron chi connectivity index (χ1n) is 10.0. The topological polar surface area (TPSA) is 98.1 Å². The molecule has 1 N–H and O–H groups in total. The lowest BCUT2D eigenvalue weighted by Gasteiger charge is -2.14. The number of hydrogen-bond acceptors (Lipinski definition) is 6. The smallest absolute Gasteiger partial charge is 0.262 e. The molecular weight excluding hydrogens is 410 g/mol. The van der Waals surface area contributed by atoms with E-state index >= 15 is 0 Å². The van der Waals surface area contributed by atoms with Gasteiger partial charge in [0, 0.05) is 12.6 Å². The van der Waals surface area contributed by atoms with Gasteiger partial charge in [-0.2, -0.15) is 0 Å². The van der Waals surface area contributed by atoms with Crippen LogP contribution in [0.4, 0.5) is 0 Å². The number of carbonyl (C=O) groups excluding carboxylic acids is 1. The number of thioether (sulfide) groups is 1. The van der Waals surface area contributed by atoms with Crippen molar-refractivity contribution in [3.05, 3.63) is 34.6 Å². The number of nitrogens with one attached hydrogen (secondary N) is 1. The normalized spacial score (nSPS) is 18.2. The van der Waals surface area contributed by atoms with Crippen molar-refractivity contribution in [2.45, 2.75) is 56.8 Å². The number of unbranched alkanes of at least 4 members (excludes halogenated alkanes) is 3. The molecule has 29 heavy (non-hydrogen) atoms. The Morgan fingerprint density at radius 2 is 2.07 bits per heavy atom. The van der Waals surface area contributed by atoms with Crippen LogP contribution in [0.5, 0.6) is 0 Å². The lowest BCUT2D eigenvalue weighted by molar-refractivity contribution is -0.119. The highest BCUT2D eigenvalue weighted by molar-refractivity contribution is 7.99. The van der Waals surface area contributed by atoms with Gasteiger partial charge in [0.15, 0.2) is 15.0 Å². The highest BCUT2D eigenvalue weighted by atomic mass is 32.2. The minimum absolute atomic E-state index is 0.000230. The highest BCUT2D eigenvalue weighted by Gasteiger charge is 2.28. The van der Waals surface area contributed by atoms with E-state index in [1.807, 2.05) is 12.1 Å². The van der Waals surface area contributed by atoms with Gasteiger partial charge in [-0.3, -0.25) is 14.2 Å². The van der Waals surface area contributed by atoms with Crippen LogP contribution in [0.1, 0.15) is 39.0 Å². The zero-order valence-corrected chi connectivity index (χ0v) is 18.2. The summed E-state index contributed by atoms with van der Waals surface area (Å²) >= 11 is 1.22. The van der Waals surface area contributed by atoms with Crippen LogP contribution in [0.15, 0.2) is 34.2 Å². The number of para-hydroxylation sites is 1. The quantitative estimate of drug-likeness (QED) is 0.367. The van der Waals surface area contributed by atoms with Crippen molar-refractivity contribution in [1.29, 1.82) is 0 Å². The molecule has 1 aromatic heterocycles. The van der Waals surface area contributed by atoms with Crippen LogP contribution in [0.3, 0.4) is 0 Å². The number of aromatic nitrogens is 2. The predicted molar refractivity (Wildman–Crippen MR) is 116 cm³/mol. The Morgan fingerprint density at radius 3 is 2.79 bits per heavy atom. The lowest BCUT2D eigenvalue weighted by atomic mass is 10.2. The maximum atomic E-state index is 13.0. The lowest BCUT2D eigenvalue weighted by Crippen LogP contribution is -2.36. The molecule has 0 aliphatic carbocycles. The summed E-state index contributed by atoms with van der Waals surface area (Å²) in [5, 5.41) is 3.89. The van der Waals surface area contributed by atoms with E-state index in [1.165, 1.54) is 11.8 Å². The predicted octanol–water partition coefficient (Wildman–Crippen LogP) is 2.37. The van der Waals surface area contributed by atoms with Crippen molar-refractivity contribution in [3.8, 4) is 0 Å². The summed E-state index contributed by atoms with van der Waals surface area (Å²) < 4.78 is 24.8. The van der Waals surface area contributed by atoms with Gasteiger partial charge in [-0.25, -0.2) is 13.4 Å². The Morgan fingerprint density at radius 1 is 1.28 bits per heavy atom. The first-order valence-corrected chi connectivity index (χ1v) is 12.8. The van der Waals surface area contributed by atoms with Crippen molar-refractivity contribution >= 4 is 38.4 Å². The third-order valence-electron chi connectivity index (χ3n) is 4.99. The Balaban J connectivity index is 1.72. The molecular formula is C20H27N3O4S2. The van der Waals surface area contributed by atoms with E-state index in [4.69, 9.17) is 0 Å². The molecule has 1 aliphatic rings. The molecule has 1 amide bonds. The van der Waals surface area contributed by atoms with Gasteiger partial charge in [0.25, 0.3) is 5.56 Å². The first-order chi connectivity index (χ1) is 13.9. The third-order valence-corrected chi connectivity index (χ3v) is 7.74. The molecule has 0 spiro atoms. The van der Waals surface area contributed by atoms with Crippen LogP contribution >= 0.6 is 11.8 Å². The standard InChI is InChI=1S/C20H27N3O4S2/c1-2-3-4-7-11-23-19(25)16-8-5-6-9-17(16)22-20(23)28-13-18(24)21-15-10-12-29(26,27)14-15/h5-6,8-9,15H,2-4,7,10-14H2,1H3,(H,21,24)/t15-/m0/s1. The molecule has 1 aliphatic heterocycles. The van der Waals surface area contributed by atoms with Gasteiger partial charge >= 0.3 is 0 Å². The van der Waals surface area contributed by atoms with Gasteiger partial charge in [-0.1, -0.05) is 50.1 Å². The van der Waals surface area contributed by atoms with Gasteiger partial charge < -0.3 is 5.32 Å². The molecule has 1 fully saturated rings. The summed E-state index contributed by atoms with van der Waals surface area (Å²) in [5.74, 6) is -0.0259. The van der Waals surface area contributed by atoms with Gasteiger partial charge in [-0.05, 0) is 25.0 Å². The molecule has 0 radical (unpaired) electrons. The first kappa shape index (κ1) is 21.8. The zero-order valence-electron chi connectivity index (χ0n) is 16.6. The summed E-state index contributed by atoms with van der Waals surface area (Å²) in [6.45, 7) is 2.71. The Kier molecular flexibility index (Phi) is 7.34. The number of nitrogens with zero attached hydrogens (tertiary/aromatic N) is 2. The van der Waals surface area contributed by atoms with E-state index in [9.17, 15) is 18.0 Å². The minimum Gasteiger partial charge on any atom is -0.352 e. The highest BCUT2D eigenvalue weighted by Crippen LogP contribution is 2.19. The molecule has 1 saturated heterocycles. The summed E-state index contributed by atoms with van der Waals surface area (Å²) in [4.78, 5) is 29.9. The van der Waals surface area contributed by atoms with Gasteiger partial charge in [0.05, 0.1) is 28.2 Å². The largest absolute Gasteiger partial charge is 0.352 e. The van der Waals surface area contributed by atoms with E-state index in [1.54, 1.807) is 16.7 Å².